The zero-order valence-electron chi connectivity index (χ0n) is 10.7. The van der Waals surface area contributed by atoms with Gasteiger partial charge in [0.05, 0.1) is 11.6 Å². The Balaban J connectivity index is 2.34. The van der Waals surface area contributed by atoms with Gasteiger partial charge in [-0.25, -0.2) is 0 Å². The Labute approximate surface area is 116 Å². The standard InChI is InChI=1S/C14H14ClNO3/c1-14(2,8-17)11-7-12(18)16(13(11)19)10-5-3-9(15)4-6-10/h3-6,8,11H,7H2,1-2H3/t11-/m0/s1. The van der Waals surface area contributed by atoms with Gasteiger partial charge in [-0.05, 0) is 24.3 Å². The molecule has 0 radical (unpaired) electrons. The molecule has 0 unspecified atom stereocenters. The van der Waals surface area contributed by atoms with Crippen molar-refractivity contribution < 1.29 is 14.4 Å². The molecule has 0 aliphatic carbocycles. The van der Waals surface area contributed by atoms with Crippen LogP contribution in [0, 0.1) is 11.3 Å². The number of nitrogens with zero attached hydrogens (tertiary/aromatic N) is 1. The SMILES string of the molecule is CC(C)(C=O)[C@H]1CC(=O)N(c2ccc(Cl)cc2)C1=O. The minimum absolute atomic E-state index is 0.0627. The first-order valence-corrected chi connectivity index (χ1v) is 6.33. The molecular weight excluding hydrogens is 266 g/mol. The van der Waals surface area contributed by atoms with Crippen LogP contribution in [0.3, 0.4) is 0 Å². The second-order valence-electron chi connectivity index (χ2n) is 5.24. The monoisotopic (exact) mass is 279 g/mol. The van der Waals surface area contributed by atoms with E-state index in [0.717, 1.165) is 11.2 Å². The van der Waals surface area contributed by atoms with Gasteiger partial charge in [0.15, 0.2) is 0 Å². The molecular formula is C14H14ClNO3. The number of carbonyl (C=O) groups is 3. The molecule has 2 rings (SSSR count). The summed E-state index contributed by atoms with van der Waals surface area (Å²) in [5.74, 6) is -1.22. The Morgan fingerprint density at radius 2 is 1.84 bits per heavy atom. The highest BCUT2D eigenvalue weighted by Crippen LogP contribution is 2.36. The topological polar surface area (TPSA) is 54.5 Å². The van der Waals surface area contributed by atoms with Crippen molar-refractivity contribution in [2.45, 2.75) is 20.3 Å². The predicted octanol–water partition coefficient (Wildman–Crippen LogP) is 2.44. The summed E-state index contributed by atoms with van der Waals surface area (Å²) in [5, 5.41) is 0.535. The number of halogens is 1. The van der Waals surface area contributed by atoms with Gasteiger partial charge in [0.1, 0.15) is 6.29 Å². The second kappa shape index (κ2) is 4.78. The molecule has 1 aromatic carbocycles. The van der Waals surface area contributed by atoms with E-state index in [1.807, 2.05) is 0 Å². The van der Waals surface area contributed by atoms with E-state index in [1.54, 1.807) is 38.1 Å². The number of amides is 2. The van der Waals surface area contributed by atoms with Crippen LogP contribution in [0.4, 0.5) is 5.69 Å². The molecule has 1 aliphatic heterocycles. The van der Waals surface area contributed by atoms with Crippen molar-refractivity contribution in [1.82, 2.24) is 0 Å². The summed E-state index contributed by atoms with van der Waals surface area (Å²) >= 11 is 5.78. The molecule has 19 heavy (non-hydrogen) atoms. The van der Waals surface area contributed by atoms with E-state index in [0.29, 0.717) is 10.7 Å². The average Bonchev–Trinajstić information content (AvgIpc) is 2.67. The van der Waals surface area contributed by atoms with Gasteiger partial charge in [-0.2, -0.15) is 0 Å². The molecule has 1 fully saturated rings. The summed E-state index contributed by atoms with van der Waals surface area (Å²) in [4.78, 5) is 36.5. The number of carbonyl (C=O) groups excluding carboxylic acids is 3. The van der Waals surface area contributed by atoms with Crippen molar-refractivity contribution in [1.29, 1.82) is 0 Å². The molecule has 1 saturated heterocycles. The van der Waals surface area contributed by atoms with Crippen molar-refractivity contribution in [3.8, 4) is 0 Å². The van der Waals surface area contributed by atoms with Crippen LogP contribution in [0.2, 0.25) is 5.02 Å². The van der Waals surface area contributed by atoms with E-state index in [4.69, 9.17) is 11.6 Å². The summed E-state index contributed by atoms with van der Waals surface area (Å²) in [7, 11) is 0. The Kier molecular flexibility index (Phi) is 3.45. The number of hydrogen-bond donors (Lipinski definition) is 0. The summed E-state index contributed by atoms with van der Waals surface area (Å²) in [6, 6.07) is 6.48. The number of benzene rings is 1. The van der Waals surface area contributed by atoms with Crippen molar-refractivity contribution in [2.24, 2.45) is 11.3 Å². The lowest BCUT2D eigenvalue weighted by molar-refractivity contribution is -0.129. The number of rotatable bonds is 3. The fourth-order valence-corrected chi connectivity index (χ4v) is 2.28. The lowest BCUT2D eigenvalue weighted by Gasteiger charge is -2.23. The molecule has 0 saturated carbocycles. The Morgan fingerprint density at radius 3 is 2.37 bits per heavy atom. The van der Waals surface area contributed by atoms with Gasteiger partial charge >= 0.3 is 0 Å². The van der Waals surface area contributed by atoms with Crippen molar-refractivity contribution in [2.75, 3.05) is 4.90 Å². The molecule has 0 N–H and O–H groups in total. The third-order valence-electron chi connectivity index (χ3n) is 3.43. The van der Waals surface area contributed by atoms with Gasteiger partial charge in [-0.1, -0.05) is 25.4 Å². The zero-order valence-corrected chi connectivity index (χ0v) is 11.5. The van der Waals surface area contributed by atoms with Crippen molar-refractivity contribution >= 4 is 35.4 Å². The molecule has 0 bridgehead atoms. The lowest BCUT2D eigenvalue weighted by atomic mass is 9.79. The molecule has 0 spiro atoms. The van der Waals surface area contributed by atoms with Crippen LogP contribution < -0.4 is 4.90 Å². The number of imide groups is 1. The smallest absolute Gasteiger partial charge is 0.238 e. The highest BCUT2D eigenvalue weighted by molar-refractivity contribution is 6.30. The van der Waals surface area contributed by atoms with Crippen LogP contribution >= 0.6 is 11.6 Å². The predicted molar refractivity (Wildman–Crippen MR) is 71.9 cm³/mol. The molecule has 4 nitrogen and oxygen atoms in total. The maximum atomic E-state index is 12.3. The molecule has 1 atom stereocenters. The van der Waals surface area contributed by atoms with Crippen LogP contribution in [0.5, 0.6) is 0 Å². The molecule has 100 valence electrons. The number of anilines is 1. The Hall–Kier alpha value is -1.68. The third-order valence-corrected chi connectivity index (χ3v) is 3.69. The maximum Gasteiger partial charge on any atom is 0.238 e. The summed E-state index contributed by atoms with van der Waals surface area (Å²) in [6.45, 7) is 3.34. The van der Waals surface area contributed by atoms with E-state index in [-0.39, 0.29) is 18.2 Å². The first-order valence-electron chi connectivity index (χ1n) is 5.95. The highest BCUT2D eigenvalue weighted by atomic mass is 35.5. The minimum Gasteiger partial charge on any atom is -0.303 e. The first kappa shape index (κ1) is 13.7. The summed E-state index contributed by atoms with van der Waals surface area (Å²) in [5.41, 5.74) is -0.350. The van der Waals surface area contributed by atoms with Gasteiger partial charge < -0.3 is 4.79 Å². The van der Waals surface area contributed by atoms with Gasteiger partial charge in [0.2, 0.25) is 11.8 Å². The van der Waals surface area contributed by atoms with E-state index in [9.17, 15) is 14.4 Å². The second-order valence-corrected chi connectivity index (χ2v) is 5.68. The van der Waals surface area contributed by atoms with Gasteiger partial charge in [0.25, 0.3) is 0 Å². The molecule has 1 aromatic rings. The molecule has 2 amide bonds. The van der Waals surface area contributed by atoms with Crippen molar-refractivity contribution in [3.05, 3.63) is 29.3 Å². The van der Waals surface area contributed by atoms with E-state index in [2.05, 4.69) is 0 Å². The van der Waals surface area contributed by atoms with Crippen LogP contribution in [-0.2, 0) is 14.4 Å². The fourth-order valence-electron chi connectivity index (χ4n) is 2.16. The average molecular weight is 280 g/mol. The summed E-state index contributed by atoms with van der Waals surface area (Å²) in [6.07, 6.45) is 0.793. The lowest BCUT2D eigenvalue weighted by Crippen LogP contribution is -2.35. The quantitative estimate of drug-likeness (QED) is 0.631. The molecule has 1 heterocycles. The number of aldehydes is 1. The molecule has 5 heteroatoms. The summed E-state index contributed by atoms with van der Waals surface area (Å²) < 4.78 is 0. The fraction of sp³-hybridized carbons (Fsp3) is 0.357. The van der Waals surface area contributed by atoms with Crippen molar-refractivity contribution in [3.63, 3.8) is 0 Å². The maximum absolute atomic E-state index is 12.3. The minimum atomic E-state index is -0.839. The van der Waals surface area contributed by atoms with E-state index >= 15 is 0 Å². The molecule has 1 aliphatic rings. The van der Waals surface area contributed by atoms with Gasteiger partial charge in [0, 0.05) is 16.9 Å². The Morgan fingerprint density at radius 1 is 1.26 bits per heavy atom. The normalized spacial score (nSPS) is 19.9. The van der Waals surface area contributed by atoms with Crippen LogP contribution in [-0.4, -0.2) is 18.1 Å². The highest BCUT2D eigenvalue weighted by Gasteiger charge is 2.47. The Bertz CT molecular complexity index is 536. The van der Waals surface area contributed by atoms with E-state index < -0.39 is 11.3 Å². The van der Waals surface area contributed by atoms with Gasteiger partial charge in [-0.15, -0.1) is 0 Å². The van der Waals surface area contributed by atoms with Gasteiger partial charge in [-0.3, -0.25) is 14.5 Å². The van der Waals surface area contributed by atoms with Crippen LogP contribution in [0.1, 0.15) is 20.3 Å². The largest absolute Gasteiger partial charge is 0.303 e. The van der Waals surface area contributed by atoms with Crippen LogP contribution in [0.25, 0.3) is 0 Å². The zero-order chi connectivity index (χ0) is 14.2. The number of hydrogen-bond acceptors (Lipinski definition) is 3. The third kappa shape index (κ3) is 2.40. The first-order chi connectivity index (χ1) is 8.86. The van der Waals surface area contributed by atoms with Crippen LogP contribution in [0.15, 0.2) is 24.3 Å². The van der Waals surface area contributed by atoms with E-state index in [1.165, 1.54) is 0 Å². The molecule has 0 aromatic heterocycles.